The zero-order valence-corrected chi connectivity index (χ0v) is 12.0. The highest BCUT2D eigenvalue weighted by atomic mass is 35.5. The van der Waals surface area contributed by atoms with Gasteiger partial charge in [0, 0.05) is 10.4 Å². The Bertz CT molecular complexity index is 926. The molecule has 4 aromatic rings. The molecular weight excluding hydrogens is 282 g/mol. The average Bonchev–Trinajstić information content (AvgIpc) is 2.93. The van der Waals surface area contributed by atoms with Crippen molar-refractivity contribution in [1.29, 1.82) is 0 Å². The van der Waals surface area contributed by atoms with E-state index in [9.17, 15) is 0 Å². The largest absolute Gasteiger partial charge is 0.240 e. The summed E-state index contributed by atoms with van der Waals surface area (Å²) in [6, 6.07) is 20.2. The fraction of sp³-hybridized carbons (Fsp3) is 0.0588. The second kappa shape index (κ2) is 4.86. The zero-order valence-electron chi connectivity index (χ0n) is 11.2. The van der Waals surface area contributed by atoms with Gasteiger partial charge in [-0.15, -0.1) is 5.10 Å². The first kappa shape index (κ1) is 12.4. The Morgan fingerprint density at radius 2 is 1.71 bits per heavy atom. The van der Waals surface area contributed by atoms with Crippen molar-refractivity contribution < 1.29 is 0 Å². The van der Waals surface area contributed by atoms with E-state index in [0.717, 1.165) is 21.6 Å². The number of benzene rings is 3. The normalized spacial score (nSPS) is 11.3. The predicted octanol–water partition coefficient (Wildman–Crippen LogP) is 4.29. The van der Waals surface area contributed by atoms with Gasteiger partial charge in [-0.2, -0.15) is 0 Å². The SMILES string of the molecule is Clc1ccc(Cn2nnc3ccc4ccccc4c32)cc1. The Kier molecular flexibility index (Phi) is 2.86. The Hall–Kier alpha value is -2.39. The maximum absolute atomic E-state index is 5.93. The van der Waals surface area contributed by atoms with Gasteiger partial charge in [-0.3, -0.25) is 0 Å². The summed E-state index contributed by atoms with van der Waals surface area (Å²) in [5.74, 6) is 0. The molecule has 102 valence electrons. The molecule has 0 atom stereocenters. The van der Waals surface area contributed by atoms with Crippen molar-refractivity contribution in [1.82, 2.24) is 15.0 Å². The van der Waals surface area contributed by atoms with Crippen LogP contribution in [0.5, 0.6) is 0 Å². The second-order valence-electron chi connectivity index (χ2n) is 5.03. The molecule has 0 aliphatic heterocycles. The van der Waals surface area contributed by atoms with Crippen LogP contribution < -0.4 is 0 Å². The van der Waals surface area contributed by atoms with E-state index in [1.807, 2.05) is 47.1 Å². The molecule has 0 unspecified atom stereocenters. The Morgan fingerprint density at radius 1 is 0.905 bits per heavy atom. The molecule has 0 spiro atoms. The van der Waals surface area contributed by atoms with E-state index >= 15 is 0 Å². The monoisotopic (exact) mass is 293 g/mol. The molecule has 3 nitrogen and oxygen atoms in total. The van der Waals surface area contributed by atoms with Gasteiger partial charge in [0.2, 0.25) is 0 Å². The quantitative estimate of drug-likeness (QED) is 0.552. The number of halogens is 1. The summed E-state index contributed by atoms with van der Waals surface area (Å²) in [5, 5.41) is 11.7. The molecule has 21 heavy (non-hydrogen) atoms. The van der Waals surface area contributed by atoms with Crippen molar-refractivity contribution in [2.45, 2.75) is 6.54 Å². The lowest BCUT2D eigenvalue weighted by atomic mass is 10.1. The van der Waals surface area contributed by atoms with E-state index in [0.29, 0.717) is 6.54 Å². The van der Waals surface area contributed by atoms with Gasteiger partial charge in [0.25, 0.3) is 0 Å². The highest BCUT2D eigenvalue weighted by Crippen LogP contribution is 2.24. The highest BCUT2D eigenvalue weighted by molar-refractivity contribution is 6.30. The minimum absolute atomic E-state index is 0.682. The Labute approximate surface area is 126 Å². The molecule has 3 aromatic carbocycles. The highest BCUT2D eigenvalue weighted by Gasteiger charge is 2.09. The number of aromatic nitrogens is 3. The van der Waals surface area contributed by atoms with Crippen LogP contribution in [-0.4, -0.2) is 15.0 Å². The van der Waals surface area contributed by atoms with Crippen molar-refractivity contribution in [3.05, 3.63) is 71.2 Å². The number of hydrogen-bond acceptors (Lipinski definition) is 2. The fourth-order valence-corrected chi connectivity index (χ4v) is 2.74. The van der Waals surface area contributed by atoms with Crippen LogP contribution in [0.4, 0.5) is 0 Å². The van der Waals surface area contributed by atoms with E-state index in [4.69, 9.17) is 11.6 Å². The first-order chi connectivity index (χ1) is 10.3. The molecule has 1 heterocycles. The van der Waals surface area contributed by atoms with Gasteiger partial charge in [0.05, 0.1) is 12.1 Å². The number of nitrogens with zero attached hydrogens (tertiary/aromatic N) is 3. The molecule has 0 radical (unpaired) electrons. The summed E-state index contributed by atoms with van der Waals surface area (Å²) in [6.45, 7) is 0.682. The zero-order chi connectivity index (χ0) is 14.2. The van der Waals surface area contributed by atoms with Crippen molar-refractivity contribution in [3.8, 4) is 0 Å². The topological polar surface area (TPSA) is 30.7 Å². The average molecular weight is 294 g/mol. The lowest BCUT2D eigenvalue weighted by Gasteiger charge is -2.05. The standard InChI is InChI=1S/C17H12ClN3/c18-14-8-5-12(6-9-14)11-21-17-15-4-2-1-3-13(15)7-10-16(17)19-20-21/h1-10H,11H2. The Morgan fingerprint density at radius 3 is 2.57 bits per heavy atom. The first-order valence-corrected chi connectivity index (χ1v) is 7.14. The van der Waals surface area contributed by atoms with Gasteiger partial charge in [-0.1, -0.05) is 59.3 Å². The molecule has 0 saturated heterocycles. The molecule has 0 aliphatic rings. The van der Waals surface area contributed by atoms with Crippen LogP contribution in [0.15, 0.2) is 60.7 Å². The van der Waals surface area contributed by atoms with E-state index in [-0.39, 0.29) is 0 Å². The Balaban J connectivity index is 1.88. The van der Waals surface area contributed by atoms with E-state index < -0.39 is 0 Å². The van der Waals surface area contributed by atoms with E-state index in [2.05, 4.69) is 28.5 Å². The van der Waals surface area contributed by atoms with E-state index in [1.165, 1.54) is 10.8 Å². The third-order valence-electron chi connectivity index (χ3n) is 3.64. The maximum atomic E-state index is 5.93. The predicted molar refractivity (Wildman–Crippen MR) is 85.6 cm³/mol. The summed E-state index contributed by atoms with van der Waals surface area (Å²) in [7, 11) is 0. The van der Waals surface area contributed by atoms with E-state index in [1.54, 1.807) is 0 Å². The van der Waals surface area contributed by atoms with Crippen LogP contribution in [0.25, 0.3) is 21.8 Å². The molecular formula is C17H12ClN3. The van der Waals surface area contributed by atoms with Gasteiger partial charge in [0.15, 0.2) is 0 Å². The van der Waals surface area contributed by atoms with Crippen LogP contribution in [0.2, 0.25) is 5.02 Å². The summed E-state index contributed by atoms with van der Waals surface area (Å²) in [4.78, 5) is 0. The second-order valence-corrected chi connectivity index (χ2v) is 5.46. The minimum atomic E-state index is 0.682. The number of rotatable bonds is 2. The molecule has 0 bridgehead atoms. The van der Waals surface area contributed by atoms with Crippen molar-refractivity contribution >= 4 is 33.4 Å². The third kappa shape index (κ3) is 2.16. The van der Waals surface area contributed by atoms with Crippen molar-refractivity contribution in [3.63, 3.8) is 0 Å². The number of fused-ring (bicyclic) bond motifs is 3. The smallest absolute Gasteiger partial charge is 0.113 e. The van der Waals surface area contributed by atoms with Crippen molar-refractivity contribution in [2.75, 3.05) is 0 Å². The maximum Gasteiger partial charge on any atom is 0.113 e. The molecule has 4 heteroatoms. The lowest BCUT2D eigenvalue weighted by molar-refractivity contribution is 0.671. The molecule has 4 rings (SSSR count). The van der Waals surface area contributed by atoms with Gasteiger partial charge < -0.3 is 0 Å². The fourth-order valence-electron chi connectivity index (χ4n) is 2.62. The van der Waals surface area contributed by atoms with Crippen LogP contribution >= 0.6 is 11.6 Å². The lowest BCUT2D eigenvalue weighted by Crippen LogP contribution is -2.02. The summed E-state index contributed by atoms with van der Waals surface area (Å²) in [6.07, 6.45) is 0. The molecule has 1 aromatic heterocycles. The molecule has 0 N–H and O–H groups in total. The van der Waals surface area contributed by atoms with Crippen LogP contribution in [0.3, 0.4) is 0 Å². The minimum Gasteiger partial charge on any atom is -0.240 e. The van der Waals surface area contributed by atoms with Gasteiger partial charge >= 0.3 is 0 Å². The van der Waals surface area contributed by atoms with Gasteiger partial charge in [-0.05, 0) is 29.1 Å². The van der Waals surface area contributed by atoms with Crippen molar-refractivity contribution in [2.24, 2.45) is 0 Å². The van der Waals surface area contributed by atoms with Crippen LogP contribution in [-0.2, 0) is 6.54 Å². The summed E-state index contributed by atoms with van der Waals surface area (Å²) in [5.41, 5.74) is 3.14. The first-order valence-electron chi connectivity index (χ1n) is 6.77. The van der Waals surface area contributed by atoms with Crippen LogP contribution in [0.1, 0.15) is 5.56 Å². The molecule has 0 aliphatic carbocycles. The molecule has 0 fully saturated rings. The van der Waals surface area contributed by atoms with Gasteiger partial charge in [-0.25, -0.2) is 4.68 Å². The molecule has 0 amide bonds. The van der Waals surface area contributed by atoms with Gasteiger partial charge in [0.1, 0.15) is 5.52 Å². The molecule has 0 saturated carbocycles. The van der Waals surface area contributed by atoms with Crippen LogP contribution in [0, 0.1) is 0 Å². The number of hydrogen-bond donors (Lipinski definition) is 0. The third-order valence-corrected chi connectivity index (χ3v) is 3.90. The summed E-state index contributed by atoms with van der Waals surface area (Å²) >= 11 is 5.93. The summed E-state index contributed by atoms with van der Waals surface area (Å²) < 4.78 is 1.95.